The lowest BCUT2D eigenvalue weighted by Crippen LogP contribution is -1.99. The molecule has 0 radical (unpaired) electrons. The molecule has 0 fully saturated rings. The molecule has 2 aromatic rings. The normalized spacial score (nSPS) is 12.5. The molecule has 0 unspecified atom stereocenters. The molecule has 0 spiro atoms. The van der Waals surface area contributed by atoms with Crippen LogP contribution in [-0.2, 0) is 6.54 Å². The lowest BCUT2D eigenvalue weighted by Gasteiger charge is -2.08. The standard InChI is InChI=1S/C14H11ClFNO2/c15-11-5-9(1-3-12(11)16)7-17-10-2-4-13-14(6-10)19-8-18-13/h1-6,17H,7-8H2. The second-order valence-corrected chi connectivity index (χ2v) is 4.58. The predicted molar refractivity (Wildman–Crippen MR) is 71.3 cm³/mol. The van der Waals surface area contributed by atoms with Crippen molar-refractivity contribution in [1.82, 2.24) is 0 Å². The van der Waals surface area contributed by atoms with Gasteiger partial charge < -0.3 is 14.8 Å². The summed E-state index contributed by atoms with van der Waals surface area (Å²) in [5.41, 5.74) is 1.81. The van der Waals surface area contributed by atoms with Gasteiger partial charge in [0.2, 0.25) is 6.79 Å². The molecule has 1 aliphatic heterocycles. The highest BCUT2D eigenvalue weighted by atomic mass is 35.5. The van der Waals surface area contributed by atoms with Crippen LogP contribution in [0, 0.1) is 5.82 Å². The molecule has 98 valence electrons. The van der Waals surface area contributed by atoms with Crippen LogP contribution in [0.15, 0.2) is 36.4 Å². The Kier molecular flexibility index (Phi) is 3.17. The quantitative estimate of drug-likeness (QED) is 0.926. The van der Waals surface area contributed by atoms with E-state index in [9.17, 15) is 4.39 Å². The smallest absolute Gasteiger partial charge is 0.231 e. The summed E-state index contributed by atoms with van der Waals surface area (Å²) in [7, 11) is 0. The first-order chi connectivity index (χ1) is 9.22. The Labute approximate surface area is 114 Å². The van der Waals surface area contributed by atoms with E-state index in [1.807, 2.05) is 18.2 Å². The van der Waals surface area contributed by atoms with Crippen molar-refractivity contribution in [1.29, 1.82) is 0 Å². The average molecular weight is 280 g/mol. The number of fused-ring (bicyclic) bond motifs is 1. The number of nitrogens with one attached hydrogen (secondary N) is 1. The molecule has 0 aliphatic carbocycles. The Morgan fingerprint density at radius 3 is 2.79 bits per heavy atom. The van der Waals surface area contributed by atoms with Crippen LogP contribution in [0.4, 0.5) is 10.1 Å². The van der Waals surface area contributed by atoms with E-state index >= 15 is 0 Å². The molecule has 3 nitrogen and oxygen atoms in total. The molecule has 0 saturated carbocycles. The Hall–Kier alpha value is -1.94. The number of rotatable bonds is 3. The molecule has 1 N–H and O–H groups in total. The van der Waals surface area contributed by atoms with Gasteiger partial charge in [0.05, 0.1) is 5.02 Å². The molecule has 19 heavy (non-hydrogen) atoms. The Balaban J connectivity index is 1.70. The van der Waals surface area contributed by atoms with Gasteiger partial charge in [0.25, 0.3) is 0 Å². The minimum absolute atomic E-state index is 0.130. The zero-order valence-corrected chi connectivity index (χ0v) is 10.7. The van der Waals surface area contributed by atoms with Gasteiger partial charge in [-0.15, -0.1) is 0 Å². The highest BCUT2D eigenvalue weighted by molar-refractivity contribution is 6.30. The van der Waals surface area contributed by atoms with Crippen molar-refractivity contribution in [3.8, 4) is 11.5 Å². The summed E-state index contributed by atoms with van der Waals surface area (Å²) in [5.74, 6) is 1.06. The van der Waals surface area contributed by atoms with Crippen molar-refractivity contribution in [3.63, 3.8) is 0 Å². The number of hydrogen-bond acceptors (Lipinski definition) is 3. The molecule has 0 aromatic heterocycles. The van der Waals surface area contributed by atoms with Crippen molar-refractivity contribution in [2.45, 2.75) is 6.54 Å². The van der Waals surface area contributed by atoms with Crippen LogP contribution in [0.1, 0.15) is 5.56 Å². The SMILES string of the molecule is Fc1ccc(CNc2ccc3c(c2)OCO3)cc1Cl. The fraction of sp³-hybridized carbons (Fsp3) is 0.143. The monoisotopic (exact) mass is 279 g/mol. The predicted octanol–water partition coefficient (Wildman–Crippen LogP) is 3.82. The van der Waals surface area contributed by atoms with Crippen LogP contribution in [0.25, 0.3) is 0 Å². The molecule has 0 amide bonds. The average Bonchev–Trinajstić information content (AvgIpc) is 2.87. The first-order valence-corrected chi connectivity index (χ1v) is 6.17. The summed E-state index contributed by atoms with van der Waals surface area (Å²) in [6.45, 7) is 0.812. The largest absolute Gasteiger partial charge is 0.454 e. The van der Waals surface area contributed by atoms with E-state index in [0.29, 0.717) is 6.54 Å². The van der Waals surface area contributed by atoms with Crippen molar-refractivity contribution in [2.24, 2.45) is 0 Å². The molecule has 2 aromatic carbocycles. The molecule has 0 bridgehead atoms. The van der Waals surface area contributed by atoms with Gasteiger partial charge in [0, 0.05) is 18.3 Å². The van der Waals surface area contributed by atoms with E-state index in [2.05, 4.69) is 5.32 Å². The molecule has 3 rings (SSSR count). The van der Waals surface area contributed by atoms with E-state index in [-0.39, 0.29) is 11.8 Å². The number of hydrogen-bond donors (Lipinski definition) is 1. The van der Waals surface area contributed by atoms with Crippen molar-refractivity contribution in [3.05, 3.63) is 52.8 Å². The topological polar surface area (TPSA) is 30.5 Å². The van der Waals surface area contributed by atoms with Crippen LogP contribution in [-0.4, -0.2) is 6.79 Å². The van der Waals surface area contributed by atoms with Crippen molar-refractivity contribution >= 4 is 17.3 Å². The molecule has 1 heterocycles. The zero-order valence-electron chi connectivity index (χ0n) is 9.95. The lowest BCUT2D eigenvalue weighted by molar-refractivity contribution is 0.174. The van der Waals surface area contributed by atoms with Crippen LogP contribution < -0.4 is 14.8 Å². The first kappa shape index (κ1) is 12.1. The molecular formula is C14H11ClFNO2. The third kappa shape index (κ3) is 2.58. The van der Waals surface area contributed by atoms with Gasteiger partial charge in [-0.1, -0.05) is 17.7 Å². The summed E-state index contributed by atoms with van der Waals surface area (Å²) < 4.78 is 23.6. The highest BCUT2D eigenvalue weighted by Crippen LogP contribution is 2.34. The van der Waals surface area contributed by atoms with Gasteiger partial charge in [0.15, 0.2) is 11.5 Å². The van der Waals surface area contributed by atoms with Gasteiger partial charge in [-0.3, -0.25) is 0 Å². The van der Waals surface area contributed by atoms with Gasteiger partial charge in [-0.25, -0.2) is 4.39 Å². The number of benzene rings is 2. The second kappa shape index (κ2) is 4.97. The van der Waals surface area contributed by atoms with Crippen LogP contribution in [0.5, 0.6) is 11.5 Å². The number of anilines is 1. The fourth-order valence-corrected chi connectivity index (χ4v) is 2.06. The third-order valence-electron chi connectivity index (χ3n) is 2.85. The zero-order chi connectivity index (χ0) is 13.2. The lowest BCUT2D eigenvalue weighted by atomic mass is 10.2. The maximum Gasteiger partial charge on any atom is 0.231 e. The molecular weight excluding hydrogens is 269 g/mol. The Bertz CT molecular complexity index is 618. The van der Waals surface area contributed by atoms with E-state index in [1.54, 1.807) is 12.1 Å². The van der Waals surface area contributed by atoms with E-state index in [0.717, 1.165) is 22.7 Å². The first-order valence-electron chi connectivity index (χ1n) is 5.80. The van der Waals surface area contributed by atoms with E-state index < -0.39 is 5.82 Å². The van der Waals surface area contributed by atoms with Crippen LogP contribution in [0.2, 0.25) is 5.02 Å². The van der Waals surface area contributed by atoms with Crippen LogP contribution in [0.3, 0.4) is 0 Å². The van der Waals surface area contributed by atoms with Gasteiger partial charge in [0.1, 0.15) is 5.82 Å². The second-order valence-electron chi connectivity index (χ2n) is 4.17. The maximum absolute atomic E-state index is 13.0. The third-order valence-corrected chi connectivity index (χ3v) is 3.14. The number of ether oxygens (including phenoxy) is 2. The summed E-state index contributed by atoms with van der Waals surface area (Å²) in [6, 6.07) is 10.3. The van der Waals surface area contributed by atoms with E-state index in [4.69, 9.17) is 21.1 Å². The molecule has 1 aliphatic rings. The molecule has 0 atom stereocenters. The van der Waals surface area contributed by atoms with Gasteiger partial charge in [-0.2, -0.15) is 0 Å². The highest BCUT2D eigenvalue weighted by Gasteiger charge is 2.12. The van der Waals surface area contributed by atoms with Gasteiger partial charge >= 0.3 is 0 Å². The number of halogens is 2. The van der Waals surface area contributed by atoms with Crippen molar-refractivity contribution in [2.75, 3.05) is 12.1 Å². The maximum atomic E-state index is 13.0. The van der Waals surface area contributed by atoms with Crippen LogP contribution >= 0.6 is 11.6 Å². The van der Waals surface area contributed by atoms with Crippen molar-refractivity contribution < 1.29 is 13.9 Å². The summed E-state index contributed by atoms with van der Waals surface area (Å²) >= 11 is 5.73. The minimum atomic E-state index is -0.409. The molecule has 5 heteroatoms. The minimum Gasteiger partial charge on any atom is -0.454 e. The Morgan fingerprint density at radius 1 is 1.11 bits per heavy atom. The van der Waals surface area contributed by atoms with Gasteiger partial charge in [-0.05, 0) is 29.8 Å². The fourth-order valence-electron chi connectivity index (χ4n) is 1.86. The van der Waals surface area contributed by atoms with E-state index in [1.165, 1.54) is 6.07 Å². The Morgan fingerprint density at radius 2 is 1.95 bits per heavy atom. The summed E-state index contributed by atoms with van der Waals surface area (Å²) in [6.07, 6.45) is 0. The summed E-state index contributed by atoms with van der Waals surface area (Å²) in [5, 5.41) is 3.35. The summed E-state index contributed by atoms with van der Waals surface area (Å²) in [4.78, 5) is 0. The molecule has 0 saturated heterocycles.